The standard InChI is InChI=1S/C63H96O12/c1-4-7-10-13-16-19-22-24-26-27-28-29-31-32-35-37-40-43-46-49-55(64)71-52-54(73-56(65)50-47-44-41-38-34-21-18-15-12-9-6-3)53-72-63-61(59(68)58(67)60(75-63)62(69)70)74-57(66)51-48-45-42-39-36-33-30-25-23-20-17-14-11-8-5-2/h7-8,10-11,15-20,24-26,28-30,32,35-36,39-40,43,54,58-61,63,67-68H,4-6,9,12-14,21-23,27,31,33-34,37-38,41-42,44-53H2,1-3H3,(H,69,70)/b10-7-,11-8-,18-15-,19-16-,20-17-,26-24-,29-28-,30-25-,35-32-,39-36-,43-40-. The zero-order chi connectivity index (χ0) is 54.7. The summed E-state index contributed by atoms with van der Waals surface area (Å²) in [6.45, 7) is 5.60. The first kappa shape index (κ1) is 67.9. The topological polar surface area (TPSA) is 175 Å². The molecule has 0 aromatic carbocycles. The van der Waals surface area contributed by atoms with Gasteiger partial charge >= 0.3 is 23.9 Å². The van der Waals surface area contributed by atoms with Crippen molar-refractivity contribution in [2.45, 2.75) is 225 Å². The molecule has 1 rings (SSSR count). The number of esters is 3. The molecule has 6 unspecified atom stereocenters. The lowest BCUT2D eigenvalue weighted by molar-refractivity contribution is -0.301. The minimum absolute atomic E-state index is 0.00717. The Morgan fingerprint density at radius 2 is 0.867 bits per heavy atom. The number of carbonyl (C=O) groups excluding carboxylic acids is 3. The Labute approximate surface area is 451 Å². The van der Waals surface area contributed by atoms with Crippen molar-refractivity contribution in [2.24, 2.45) is 0 Å². The molecule has 1 heterocycles. The van der Waals surface area contributed by atoms with Crippen LogP contribution in [0.2, 0.25) is 0 Å². The van der Waals surface area contributed by atoms with Gasteiger partial charge in [0.15, 0.2) is 24.6 Å². The van der Waals surface area contributed by atoms with Crippen LogP contribution in [0.4, 0.5) is 0 Å². The molecule has 420 valence electrons. The van der Waals surface area contributed by atoms with Gasteiger partial charge in [-0.2, -0.15) is 0 Å². The number of allylic oxidation sites excluding steroid dienone is 22. The smallest absolute Gasteiger partial charge is 0.335 e. The first-order valence-corrected chi connectivity index (χ1v) is 28.2. The summed E-state index contributed by atoms with van der Waals surface area (Å²) in [6.07, 6.45) is 57.3. The number of carboxylic acids is 1. The zero-order valence-electron chi connectivity index (χ0n) is 46.0. The Kier molecular flexibility index (Phi) is 45.0. The summed E-state index contributed by atoms with van der Waals surface area (Å²) in [5.74, 6) is -3.33. The SMILES string of the molecule is CC/C=C\C/C=C\C/C=C\C/C=C\C/C=C\C/C=C\CCC(=O)OCC(COC1OC(C(=O)O)C(O)C(O)C1OC(=O)CCCC/C=C\C/C=C\C/C=C\C/C=C\CC)OC(=O)CCCCCCC/C=C\CCCC. The molecule has 1 saturated heterocycles. The molecule has 3 N–H and O–H groups in total. The monoisotopic (exact) mass is 1040 g/mol. The number of carboxylic acid groups (broad SMARTS) is 1. The molecule has 0 spiro atoms. The number of rotatable bonds is 45. The second kappa shape index (κ2) is 49.7. The van der Waals surface area contributed by atoms with Crippen molar-refractivity contribution >= 4 is 23.9 Å². The van der Waals surface area contributed by atoms with E-state index in [1.165, 1.54) is 12.8 Å². The molecule has 0 aromatic rings. The van der Waals surface area contributed by atoms with Gasteiger partial charge in [0.1, 0.15) is 18.8 Å². The van der Waals surface area contributed by atoms with Crippen molar-refractivity contribution in [3.8, 4) is 0 Å². The maximum absolute atomic E-state index is 13.1. The van der Waals surface area contributed by atoms with Crippen LogP contribution < -0.4 is 0 Å². The number of carbonyl (C=O) groups is 4. The highest BCUT2D eigenvalue weighted by atomic mass is 16.7. The van der Waals surface area contributed by atoms with Gasteiger partial charge in [0.2, 0.25) is 0 Å². The van der Waals surface area contributed by atoms with Crippen molar-refractivity contribution in [2.75, 3.05) is 13.2 Å². The summed E-state index contributed by atoms with van der Waals surface area (Å²) in [7, 11) is 0. The van der Waals surface area contributed by atoms with Gasteiger partial charge in [0.25, 0.3) is 0 Å². The molecule has 75 heavy (non-hydrogen) atoms. The summed E-state index contributed by atoms with van der Waals surface area (Å²) >= 11 is 0. The molecular weight excluding hydrogens is 949 g/mol. The number of aliphatic hydroxyl groups excluding tert-OH is 2. The third-order valence-electron chi connectivity index (χ3n) is 11.7. The average Bonchev–Trinajstić information content (AvgIpc) is 3.39. The van der Waals surface area contributed by atoms with Crippen LogP contribution in [-0.4, -0.2) is 89.2 Å². The van der Waals surface area contributed by atoms with Crippen LogP contribution in [0.15, 0.2) is 134 Å². The van der Waals surface area contributed by atoms with Gasteiger partial charge < -0.3 is 39.0 Å². The van der Waals surface area contributed by atoms with Crippen LogP contribution >= 0.6 is 0 Å². The van der Waals surface area contributed by atoms with Crippen LogP contribution in [0.5, 0.6) is 0 Å². The Bertz CT molecular complexity index is 1810. The van der Waals surface area contributed by atoms with Crippen molar-refractivity contribution in [3.05, 3.63) is 134 Å². The maximum atomic E-state index is 13.1. The average molecular weight is 1050 g/mol. The van der Waals surface area contributed by atoms with Crippen molar-refractivity contribution < 1.29 is 58.2 Å². The van der Waals surface area contributed by atoms with Gasteiger partial charge in [-0.05, 0) is 116 Å². The third kappa shape index (κ3) is 39.9. The summed E-state index contributed by atoms with van der Waals surface area (Å²) < 4.78 is 28.2. The number of ether oxygens (including phenoxy) is 5. The fourth-order valence-corrected chi connectivity index (χ4v) is 7.42. The van der Waals surface area contributed by atoms with Crippen molar-refractivity contribution in [3.63, 3.8) is 0 Å². The molecular formula is C63H96O12. The van der Waals surface area contributed by atoms with Crippen LogP contribution in [0.25, 0.3) is 0 Å². The predicted octanol–water partition coefficient (Wildman–Crippen LogP) is 14.2. The first-order chi connectivity index (χ1) is 36.6. The lowest BCUT2D eigenvalue weighted by Gasteiger charge is -2.40. The molecule has 0 aromatic heterocycles. The van der Waals surface area contributed by atoms with Crippen molar-refractivity contribution in [1.82, 2.24) is 0 Å². The Morgan fingerprint density at radius 3 is 1.37 bits per heavy atom. The highest BCUT2D eigenvalue weighted by Crippen LogP contribution is 2.26. The van der Waals surface area contributed by atoms with E-state index in [-0.39, 0.29) is 25.9 Å². The third-order valence-corrected chi connectivity index (χ3v) is 11.7. The molecule has 0 aliphatic carbocycles. The largest absolute Gasteiger partial charge is 0.479 e. The van der Waals surface area contributed by atoms with E-state index in [1.807, 2.05) is 12.2 Å². The number of aliphatic carboxylic acids is 1. The molecule has 1 fully saturated rings. The van der Waals surface area contributed by atoms with Gasteiger partial charge in [-0.3, -0.25) is 14.4 Å². The fourth-order valence-electron chi connectivity index (χ4n) is 7.42. The molecule has 0 bridgehead atoms. The van der Waals surface area contributed by atoms with E-state index in [9.17, 15) is 34.5 Å². The minimum atomic E-state index is -1.93. The summed E-state index contributed by atoms with van der Waals surface area (Å²) in [5, 5.41) is 31.4. The summed E-state index contributed by atoms with van der Waals surface area (Å²) in [6, 6.07) is 0. The van der Waals surface area contributed by atoms with E-state index >= 15 is 0 Å². The maximum Gasteiger partial charge on any atom is 0.335 e. The van der Waals surface area contributed by atoms with Gasteiger partial charge in [-0.25, -0.2) is 4.79 Å². The molecule has 6 atom stereocenters. The second-order valence-corrected chi connectivity index (χ2v) is 18.4. The minimum Gasteiger partial charge on any atom is -0.479 e. The number of unbranched alkanes of at least 4 members (excludes halogenated alkanes) is 9. The number of hydrogen-bond donors (Lipinski definition) is 3. The number of aliphatic hydroxyl groups is 2. The highest BCUT2D eigenvalue weighted by Gasteiger charge is 2.50. The fraction of sp³-hybridized carbons (Fsp3) is 0.587. The van der Waals surface area contributed by atoms with Crippen molar-refractivity contribution in [1.29, 1.82) is 0 Å². The van der Waals surface area contributed by atoms with Crippen LogP contribution in [0.1, 0.15) is 188 Å². The Hall–Kier alpha value is -5.14. The highest BCUT2D eigenvalue weighted by molar-refractivity contribution is 5.74. The molecule has 1 aliphatic heterocycles. The zero-order valence-corrected chi connectivity index (χ0v) is 46.0. The normalized spacial score (nSPS) is 19.2. The van der Waals surface area contributed by atoms with Crippen LogP contribution in [0.3, 0.4) is 0 Å². The van der Waals surface area contributed by atoms with Gasteiger partial charge in [0, 0.05) is 19.3 Å². The van der Waals surface area contributed by atoms with Crippen LogP contribution in [-0.2, 0) is 42.9 Å². The molecule has 0 saturated carbocycles. The lowest BCUT2D eigenvalue weighted by atomic mass is 9.98. The second-order valence-electron chi connectivity index (χ2n) is 18.4. The predicted molar refractivity (Wildman–Crippen MR) is 303 cm³/mol. The quantitative estimate of drug-likeness (QED) is 0.0228. The summed E-state index contributed by atoms with van der Waals surface area (Å²) in [4.78, 5) is 51.0. The van der Waals surface area contributed by atoms with E-state index in [1.54, 1.807) is 0 Å². The first-order valence-electron chi connectivity index (χ1n) is 28.2. The van der Waals surface area contributed by atoms with Gasteiger partial charge in [-0.1, -0.05) is 187 Å². The van der Waals surface area contributed by atoms with E-state index < -0.39 is 67.3 Å². The molecule has 0 radical (unpaired) electrons. The summed E-state index contributed by atoms with van der Waals surface area (Å²) in [5.41, 5.74) is 0. The molecule has 12 heteroatoms. The molecule has 1 aliphatic rings. The Balaban J connectivity index is 2.77. The lowest BCUT2D eigenvalue weighted by Crippen LogP contribution is -2.61. The Morgan fingerprint density at radius 1 is 0.453 bits per heavy atom. The van der Waals surface area contributed by atoms with E-state index in [0.717, 1.165) is 109 Å². The molecule has 0 amide bonds. The van der Waals surface area contributed by atoms with E-state index in [4.69, 9.17) is 23.7 Å². The molecule has 12 nitrogen and oxygen atoms in total. The van der Waals surface area contributed by atoms with Gasteiger partial charge in [0.05, 0.1) is 6.61 Å². The van der Waals surface area contributed by atoms with Crippen LogP contribution in [0, 0.1) is 0 Å². The van der Waals surface area contributed by atoms with E-state index in [0.29, 0.717) is 25.7 Å². The van der Waals surface area contributed by atoms with E-state index in [2.05, 4.69) is 142 Å². The van der Waals surface area contributed by atoms with Gasteiger partial charge in [-0.15, -0.1) is 0 Å². The number of hydrogen-bond acceptors (Lipinski definition) is 11.